The molecule has 154 valence electrons. The number of benzene rings is 1. The molecule has 0 saturated heterocycles. The minimum absolute atomic E-state index is 0.0998. The molecule has 1 aliphatic carbocycles. The van der Waals surface area contributed by atoms with Gasteiger partial charge in [0.1, 0.15) is 5.76 Å². The van der Waals surface area contributed by atoms with Gasteiger partial charge in [0.15, 0.2) is 6.61 Å². The summed E-state index contributed by atoms with van der Waals surface area (Å²) >= 11 is 1.42. The fraction of sp³-hybridized carbons (Fsp3) is 0.400. The van der Waals surface area contributed by atoms with Crippen molar-refractivity contribution in [1.29, 1.82) is 0 Å². The minimum Gasteiger partial charge on any atom is -0.452 e. The van der Waals surface area contributed by atoms with Crippen LogP contribution in [0.5, 0.6) is 0 Å². The van der Waals surface area contributed by atoms with E-state index in [0.29, 0.717) is 16.2 Å². The van der Waals surface area contributed by atoms with Gasteiger partial charge in [0.25, 0.3) is 5.91 Å². The average Bonchev–Trinajstić information content (AvgIpc) is 3.36. The van der Waals surface area contributed by atoms with Crippen LogP contribution in [0.1, 0.15) is 47.5 Å². The number of aromatic nitrogens is 1. The van der Waals surface area contributed by atoms with Gasteiger partial charge in [0, 0.05) is 22.8 Å². The molecule has 8 nitrogen and oxygen atoms in total. The van der Waals surface area contributed by atoms with Gasteiger partial charge in [-0.2, -0.15) is 0 Å². The van der Waals surface area contributed by atoms with Gasteiger partial charge in [0.2, 0.25) is 0 Å². The van der Waals surface area contributed by atoms with Crippen LogP contribution in [0.25, 0.3) is 0 Å². The molecule has 29 heavy (non-hydrogen) atoms. The number of carbonyl (C=O) groups is 3. The van der Waals surface area contributed by atoms with Crippen molar-refractivity contribution >= 4 is 29.7 Å². The molecule has 1 aromatic heterocycles. The van der Waals surface area contributed by atoms with Gasteiger partial charge in [-0.05, 0) is 31.9 Å². The van der Waals surface area contributed by atoms with Crippen molar-refractivity contribution in [2.24, 2.45) is 0 Å². The Hall–Kier alpha value is -2.81. The molecule has 3 amide bonds. The highest BCUT2D eigenvalue weighted by atomic mass is 32.2. The Morgan fingerprint density at radius 2 is 2.00 bits per heavy atom. The summed E-state index contributed by atoms with van der Waals surface area (Å²) < 4.78 is 10.1. The van der Waals surface area contributed by atoms with Crippen molar-refractivity contribution in [3.8, 4) is 0 Å². The topological polar surface area (TPSA) is 111 Å². The minimum atomic E-state index is -0.669. The molecule has 1 aromatic carbocycles. The number of carbonyl (C=O) groups excluding carboxylic acids is 3. The molecule has 9 heteroatoms. The molecule has 3 rings (SSSR count). The zero-order chi connectivity index (χ0) is 20.6. The number of aryl methyl sites for hydroxylation is 1. The highest BCUT2D eigenvalue weighted by Crippen LogP contribution is 2.26. The van der Waals surface area contributed by atoms with E-state index in [9.17, 15) is 14.4 Å². The Balaban J connectivity index is 1.48. The Kier molecular flexibility index (Phi) is 7.29. The van der Waals surface area contributed by atoms with Crippen molar-refractivity contribution in [2.75, 3.05) is 6.61 Å². The predicted octanol–water partition coefficient (Wildman–Crippen LogP) is 3.20. The molecule has 0 unspecified atom stereocenters. The number of imide groups is 1. The van der Waals surface area contributed by atoms with Gasteiger partial charge in [-0.25, -0.2) is 9.59 Å². The van der Waals surface area contributed by atoms with Crippen molar-refractivity contribution in [2.45, 2.75) is 49.3 Å². The summed E-state index contributed by atoms with van der Waals surface area (Å²) in [6, 6.07) is 8.32. The molecule has 2 aromatic rings. The van der Waals surface area contributed by atoms with Crippen molar-refractivity contribution in [3.63, 3.8) is 0 Å². The Morgan fingerprint density at radius 1 is 1.24 bits per heavy atom. The van der Waals surface area contributed by atoms with Crippen LogP contribution in [0.4, 0.5) is 4.79 Å². The lowest BCUT2D eigenvalue weighted by molar-refractivity contribution is -0.123. The van der Waals surface area contributed by atoms with E-state index in [1.54, 1.807) is 18.2 Å². The van der Waals surface area contributed by atoms with E-state index in [2.05, 4.69) is 15.8 Å². The van der Waals surface area contributed by atoms with Gasteiger partial charge in [-0.3, -0.25) is 10.1 Å². The Labute approximate surface area is 172 Å². The molecule has 1 aliphatic rings. The molecule has 1 saturated carbocycles. The highest BCUT2D eigenvalue weighted by Gasteiger charge is 2.19. The molecule has 2 N–H and O–H groups in total. The fourth-order valence-electron chi connectivity index (χ4n) is 3.06. The largest absolute Gasteiger partial charge is 0.452 e. The fourth-order valence-corrected chi connectivity index (χ4v) is 3.98. The maximum absolute atomic E-state index is 12.4. The maximum Gasteiger partial charge on any atom is 0.339 e. The standard InChI is InChI=1S/C20H23N3O5S/c1-13-10-15(23-28-13)12-29-17-9-5-4-8-16(17)19(25)27-11-18(24)22-20(26)21-14-6-2-3-7-14/h4-5,8-10,14H,2-3,6-7,11-12H2,1H3,(H2,21,22,24,26). The number of esters is 1. The van der Waals surface area contributed by atoms with E-state index in [1.807, 2.05) is 19.1 Å². The van der Waals surface area contributed by atoms with Crippen LogP contribution in [-0.4, -0.2) is 35.7 Å². The first-order valence-electron chi connectivity index (χ1n) is 9.43. The predicted molar refractivity (Wildman–Crippen MR) is 106 cm³/mol. The van der Waals surface area contributed by atoms with E-state index >= 15 is 0 Å². The number of hydrogen-bond acceptors (Lipinski definition) is 7. The first-order valence-corrected chi connectivity index (χ1v) is 10.4. The molecular weight excluding hydrogens is 394 g/mol. The number of ether oxygens (including phenoxy) is 1. The monoisotopic (exact) mass is 417 g/mol. The number of urea groups is 1. The second kappa shape index (κ2) is 10.1. The van der Waals surface area contributed by atoms with E-state index in [0.717, 1.165) is 37.1 Å². The number of thioether (sulfide) groups is 1. The summed E-state index contributed by atoms with van der Waals surface area (Å²) in [6.07, 6.45) is 3.98. The third-order valence-electron chi connectivity index (χ3n) is 4.44. The SMILES string of the molecule is Cc1cc(CSc2ccccc2C(=O)OCC(=O)NC(=O)NC2CCCC2)no1. The first-order chi connectivity index (χ1) is 14.0. The Morgan fingerprint density at radius 3 is 2.72 bits per heavy atom. The molecule has 1 heterocycles. The summed E-state index contributed by atoms with van der Waals surface area (Å²) in [7, 11) is 0. The first kappa shape index (κ1) is 20.9. The van der Waals surface area contributed by atoms with Gasteiger partial charge in [-0.15, -0.1) is 11.8 Å². The summed E-state index contributed by atoms with van der Waals surface area (Å²) in [6.45, 7) is 1.28. The van der Waals surface area contributed by atoms with Crippen LogP contribution >= 0.6 is 11.8 Å². The highest BCUT2D eigenvalue weighted by molar-refractivity contribution is 7.98. The van der Waals surface area contributed by atoms with Crippen LogP contribution in [-0.2, 0) is 15.3 Å². The summed E-state index contributed by atoms with van der Waals surface area (Å²) in [4.78, 5) is 36.8. The third-order valence-corrected chi connectivity index (χ3v) is 5.54. The lowest BCUT2D eigenvalue weighted by Crippen LogP contribution is -2.45. The second-order valence-corrected chi connectivity index (χ2v) is 7.81. The summed E-state index contributed by atoms with van der Waals surface area (Å²) in [5.41, 5.74) is 1.12. The van der Waals surface area contributed by atoms with Gasteiger partial charge in [-0.1, -0.05) is 30.1 Å². The Bertz CT molecular complexity index is 877. The van der Waals surface area contributed by atoms with E-state index in [-0.39, 0.29) is 6.04 Å². The molecule has 0 bridgehead atoms. The molecule has 0 spiro atoms. The van der Waals surface area contributed by atoms with E-state index < -0.39 is 24.5 Å². The van der Waals surface area contributed by atoms with Crippen LogP contribution in [0, 0.1) is 6.92 Å². The maximum atomic E-state index is 12.4. The lowest BCUT2D eigenvalue weighted by atomic mass is 10.2. The van der Waals surface area contributed by atoms with E-state index in [4.69, 9.17) is 9.26 Å². The van der Waals surface area contributed by atoms with Gasteiger partial charge >= 0.3 is 12.0 Å². The lowest BCUT2D eigenvalue weighted by Gasteiger charge is -2.12. The van der Waals surface area contributed by atoms with Crippen LogP contribution < -0.4 is 10.6 Å². The molecule has 1 fully saturated rings. The number of nitrogens with zero attached hydrogens (tertiary/aromatic N) is 1. The molecule has 0 atom stereocenters. The average molecular weight is 417 g/mol. The molecule has 0 radical (unpaired) electrons. The second-order valence-electron chi connectivity index (χ2n) is 6.79. The summed E-state index contributed by atoms with van der Waals surface area (Å²) in [5, 5.41) is 8.86. The third kappa shape index (κ3) is 6.35. The van der Waals surface area contributed by atoms with Crippen molar-refractivity contribution in [1.82, 2.24) is 15.8 Å². The zero-order valence-electron chi connectivity index (χ0n) is 16.1. The number of hydrogen-bond donors (Lipinski definition) is 2. The van der Waals surface area contributed by atoms with Crippen LogP contribution in [0.3, 0.4) is 0 Å². The quantitative estimate of drug-likeness (QED) is 0.526. The number of nitrogens with one attached hydrogen (secondary N) is 2. The number of amides is 3. The van der Waals surface area contributed by atoms with Gasteiger partial charge in [0.05, 0.1) is 11.3 Å². The van der Waals surface area contributed by atoms with Crippen molar-refractivity contribution in [3.05, 3.63) is 47.3 Å². The smallest absolute Gasteiger partial charge is 0.339 e. The van der Waals surface area contributed by atoms with Crippen LogP contribution in [0.2, 0.25) is 0 Å². The van der Waals surface area contributed by atoms with Crippen LogP contribution in [0.15, 0.2) is 39.8 Å². The molecular formula is C20H23N3O5S. The van der Waals surface area contributed by atoms with E-state index in [1.165, 1.54) is 11.8 Å². The number of rotatable bonds is 7. The zero-order valence-corrected chi connectivity index (χ0v) is 16.9. The molecule has 0 aliphatic heterocycles. The normalized spacial score (nSPS) is 13.8. The van der Waals surface area contributed by atoms with Crippen molar-refractivity contribution < 1.29 is 23.6 Å². The summed E-state index contributed by atoms with van der Waals surface area (Å²) in [5.74, 6) is -0.0483. The van der Waals surface area contributed by atoms with Gasteiger partial charge < -0.3 is 14.6 Å².